The number of alkyl halides is 3. The summed E-state index contributed by atoms with van der Waals surface area (Å²) in [6, 6.07) is 0. The fourth-order valence-electron chi connectivity index (χ4n) is 0.975. The zero-order valence-corrected chi connectivity index (χ0v) is 13.0. The summed E-state index contributed by atoms with van der Waals surface area (Å²) in [5, 5.41) is 0. The number of hydrogen-bond donors (Lipinski definition) is 0. The van der Waals surface area contributed by atoms with Gasteiger partial charge >= 0.3 is 28.6 Å². The van der Waals surface area contributed by atoms with Crippen molar-refractivity contribution >= 4 is 33.2 Å². The van der Waals surface area contributed by atoms with Gasteiger partial charge in [0.05, 0.1) is 13.6 Å². The Balaban J connectivity index is -0.000000123. The van der Waals surface area contributed by atoms with E-state index >= 15 is 0 Å². The van der Waals surface area contributed by atoms with Crippen molar-refractivity contribution in [2.24, 2.45) is 7.05 Å². The van der Waals surface area contributed by atoms with Crippen LogP contribution < -0.4 is 4.57 Å². The molecule has 0 aliphatic rings. The van der Waals surface area contributed by atoms with Gasteiger partial charge in [0.25, 0.3) is 0 Å². The molecule has 110 valence electrons. The summed E-state index contributed by atoms with van der Waals surface area (Å²) in [5.74, 6) is 0. The Hall–Kier alpha value is -0.324. The van der Waals surface area contributed by atoms with Crippen molar-refractivity contribution in [3.05, 3.63) is 18.7 Å². The summed E-state index contributed by atoms with van der Waals surface area (Å²) in [6.45, 7) is 3.36. The smallest absolute Gasteiger partial charge is 1.00 e. The minimum Gasteiger partial charge on any atom is -1.00 e. The molecular weight excluding hydrogens is 297 g/mol. The summed E-state index contributed by atoms with van der Waals surface area (Å²) in [7, 11) is -4.05. The van der Waals surface area contributed by atoms with Crippen LogP contribution in [0.15, 0.2) is 18.7 Å². The van der Waals surface area contributed by atoms with E-state index in [-0.39, 0.29) is 25.9 Å². The summed E-state index contributed by atoms with van der Waals surface area (Å²) in [4.78, 5) is 0. The van der Waals surface area contributed by atoms with Crippen molar-refractivity contribution in [2.45, 2.75) is 31.8 Å². The van der Waals surface area contributed by atoms with Gasteiger partial charge in [0.1, 0.15) is 12.4 Å². The quantitative estimate of drug-likeness (QED) is 0.362. The molecular formula is C9H17F3MgN2O3S. The third-order valence-electron chi connectivity index (χ3n) is 1.88. The third kappa shape index (κ3) is 9.24. The maximum Gasteiger partial charge on any atom is 2.00 e. The molecule has 0 atom stereocenters. The maximum absolute atomic E-state index is 10.7. The fourth-order valence-corrected chi connectivity index (χ4v) is 0.975. The van der Waals surface area contributed by atoms with Crippen LogP contribution in [0.3, 0.4) is 0 Å². The number of halogens is 3. The second-order valence-corrected chi connectivity index (χ2v) is 4.94. The average Bonchev–Trinajstić information content (AvgIpc) is 2.59. The van der Waals surface area contributed by atoms with E-state index in [0.717, 1.165) is 6.54 Å². The fraction of sp³-hybridized carbons (Fsp3) is 0.667. The van der Waals surface area contributed by atoms with E-state index in [0.29, 0.717) is 0 Å². The molecule has 1 heterocycles. The molecule has 0 spiro atoms. The Morgan fingerprint density at radius 2 is 1.89 bits per heavy atom. The molecule has 1 rings (SSSR count). The maximum atomic E-state index is 10.7. The number of unbranched alkanes of at least 4 members (excludes halogenated alkanes) is 1. The van der Waals surface area contributed by atoms with Crippen molar-refractivity contribution < 1.29 is 33.6 Å². The molecule has 0 radical (unpaired) electrons. The summed E-state index contributed by atoms with van der Waals surface area (Å²) < 4.78 is 63.2. The first-order valence-corrected chi connectivity index (χ1v) is 6.52. The Morgan fingerprint density at radius 1 is 1.42 bits per heavy atom. The van der Waals surface area contributed by atoms with Crippen LogP contribution in [0.5, 0.6) is 0 Å². The van der Waals surface area contributed by atoms with Gasteiger partial charge in [-0.3, -0.25) is 0 Å². The topological polar surface area (TPSA) is 66.0 Å². The van der Waals surface area contributed by atoms with Gasteiger partial charge in [0, 0.05) is 0 Å². The minimum absolute atomic E-state index is 0. The van der Waals surface area contributed by atoms with Gasteiger partial charge < -0.3 is 7.41 Å². The van der Waals surface area contributed by atoms with Crippen LogP contribution in [0.2, 0.25) is 0 Å². The van der Waals surface area contributed by atoms with Gasteiger partial charge in [-0.1, -0.05) is 13.3 Å². The predicted molar refractivity (Wildman–Crippen MR) is 64.2 cm³/mol. The van der Waals surface area contributed by atoms with Crippen molar-refractivity contribution in [1.29, 1.82) is 0 Å². The van der Waals surface area contributed by atoms with Crippen LogP contribution in [0.4, 0.5) is 13.2 Å². The first-order chi connectivity index (χ1) is 8.08. The zero-order valence-electron chi connectivity index (χ0n) is 12.7. The van der Waals surface area contributed by atoms with Crippen molar-refractivity contribution in [3.63, 3.8) is 0 Å². The van der Waals surface area contributed by atoms with Gasteiger partial charge in [0.15, 0.2) is 10.1 Å². The molecule has 0 N–H and O–H groups in total. The van der Waals surface area contributed by atoms with Gasteiger partial charge in [0.2, 0.25) is 6.33 Å². The van der Waals surface area contributed by atoms with E-state index < -0.39 is 15.6 Å². The molecule has 0 fully saturated rings. The van der Waals surface area contributed by atoms with E-state index in [4.69, 9.17) is 13.0 Å². The molecule has 19 heavy (non-hydrogen) atoms. The first kappa shape index (κ1) is 21.0. The molecule has 0 saturated heterocycles. The number of imidazole rings is 1. The molecule has 0 bridgehead atoms. The van der Waals surface area contributed by atoms with Crippen LogP contribution in [0.1, 0.15) is 22.6 Å². The van der Waals surface area contributed by atoms with Crippen molar-refractivity contribution in [3.8, 4) is 0 Å². The minimum atomic E-state index is -6.09. The van der Waals surface area contributed by atoms with E-state index in [9.17, 15) is 13.2 Å². The number of rotatable bonds is 3. The molecule has 5 nitrogen and oxygen atoms in total. The zero-order chi connectivity index (χ0) is 14.4. The monoisotopic (exact) mass is 314 g/mol. The van der Waals surface area contributed by atoms with Crippen molar-refractivity contribution in [1.82, 2.24) is 4.57 Å². The molecule has 10 heteroatoms. The largest absolute Gasteiger partial charge is 2.00 e. The summed E-state index contributed by atoms with van der Waals surface area (Å²) in [6.07, 6.45) is 8.82. The number of aryl methyl sites for hydroxylation is 2. The Morgan fingerprint density at radius 3 is 2.16 bits per heavy atom. The average molecular weight is 315 g/mol. The summed E-state index contributed by atoms with van der Waals surface area (Å²) in [5.41, 5.74) is -5.65. The third-order valence-corrected chi connectivity index (χ3v) is 2.44. The standard InChI is InChI=1S/C8H15N2.CHF3O3S.Mg.2H/c1-3-4-5-10-7-6-9(2)8-10;2-1(3,4)8(5,6)7;;;/h6-8H,3-5H2,1-2H3;(H,5,6,7);;;/q+1;;+2;2*-1/p-1. The normalized spacial score (nSPS) is 11.3. The van der Waals surface area contributed by atoms with Crippen LogP contribution in [-0.2, 0) is 23.7 Å². The Kier molecular flexibility index (Phi) is 9.68. The van der Waals surface area contributed by atoms with Crippen molar-refractivity contribution in [2.75, 3.05) is 0 Å². The predicted octanol–water partition coefficient (Wildman–Crippen LogP) is 1.01. The number of nitrogens with zero attached hydrogens (tertiary/aromatic N) is 2. The van der Waals surface area contributed by atoms with Gasteiger partial charge in [-0.05, 0) is 6.42 Å². The first-order valence-electron chi connectivity index (χ1n) is 5.11. The number of hydrogen-bond acceptors (Lipinski definition) is 3. The van der Waals surface area contributed by atoms with Gasteiger partial charge in [-0.25, -0.2) is 17.6 Å². The molecule has 0 aliphatic carbocycles. The SMILES string of the molecule is CCCCn1cc[n+](C)c1.O=S(=O)([O-])C(F)(F)F.[H-].[H-].[Mg+2]. The second-order valence-electron chi connectivity index (χ2n) is 3.57. The van der Waals surface area contributed by atoms with E-state index in [1.165, 1.54) is 12.8 Å². The molecule has 1 aromatic rings. The van der Waals surface area contributed by atoms with Crippen LogP contribution in [0.25, 0.3) is 0 Å². The summed E-state index contributed by atoms with van der Waals surface area (Å²) >= 11 is 0. The molecule has 0 amide bonds. The van der Waals surface area contributed by atoms with Crippen LogP contribution >= 0.6 is 0 Å². The molecule has 0 aromatic carbocycles. The molecule has 0 aliphatic heterocycles. The van der Waals surface area contributed by atoms with E-state index in [2.05, 4.69) is 34.8 Å². The molecule has 0 saturated carbocycles. The Labute approximate surface area is 129 Å². The molecule has 1 aromatic heterocycles. The van der Waals surface area contributed by atoms with Crippen LogP contribution in [-0.4, -0.2) is 46.1 Å². The van der Waals surface area contributed by atoms with Gasteiger partial charge in [-0.2, -0.15) is 13.2 Å². The van der Waals surface area contributed by atoms with Crippen LogP contribution in [0, 0.1) is 0 Å². The molecule has 0 unspecified atom stereocenters. The van der Waals surface area contributed by atoms with Gasteiger partial charge in [-0.15, -0.1) is 0 Å². The Bertz CT molecular complexity index is 469. The second kappa shape index (κ2) is 8.77. The van der Waals surface area contributed by atoms with E-state index in [1.807, 2.05) is 7.05 Å². The van der Waals surface area contributed by atoms with E-state index in [1.54, 1.807) is 0 Å². The number of aromatic nitrogens is 2.